The fourth-order valence-electron chi connectivity index (χ4n) is 3.78. The second-order valence-corrected chi connectivity index (χ2v) is 7.81. The summed E-state index contributed by atoms with van der Waals surface area (Å²) < 4.78 is 2.00. The molecule has 4 rings (SSSR count). The van der Waals surface area contributed by atoms with Crippen molar-refractivity contribution >= 4 is 40.9 Å². The van der Waals surface area contributed by atoms with E-state index >= 15 is 0 Å². The number of thiocarbonyl (C=S) groups is 1. The van der Waals surface area contributed by atoms with Gasteiger partial charge in [0.25, 0.3) is 11.8 Å². The fraction of sp³-hybridized carbons (Fsp3) is 0.125. The highest BCUT2D eigenvalue weighted by atomic mass is 32.1. The van der Waals surface area contributed by atoms with Crippen molar-refractivity contribution in [2.75, 3.05) is 4.90 Å². The summed E-state index contributed by atoms with van der Waals surface area (Å²) in [6, 6.07) is 16.2. The van der Waals surface area contributed by atoms with Gasteiger partial charge in [0.15, 0.2) is 5.11 Å². The smallest absolute Gasteiger partial charge is 0.270 e. The third kappa shape index (κ3) is 3.64. The monoisotopic (exact) mass is 431 g/mol. The lowest BCUT2D eigenvalue weighted by molar-refractivity contribution is -0.122. The zero-order valence-electron chi connectivity index (χ0n) is 17.3. The molecule has 3 aromatic rings. The second kappa shape index (κ2) is 7.85. The molecule has 2 amide bonds. The number of nitrogens with one attached hydrogen (secondary N) is 1. The van der Waals surface area contributed by atoms with Crippen LogP contribution in [-0.4, -0.2) is 26.6 Å². The van der Waals surface area contributed by atoms with E-state index < -0.39 is 11.8 Å². The molecular weight excluding hydrogens is 410 g/mol. The zero-order valence-corrected chi connectivity index (χ0v) is 18.2. The van der Waals surface area contributed by atoms with E-state index in [0.29, 0.717) is 5.69 Å². The molecule has 0 unspecified atom stereocenters. The summed E-state index contributed by atoms with van der Waals surface area (Å²) in [5, 5.41) is 12.3. The van der Waals surface area contributed by atoms with Crippen molar-refractivity contribution in [1.82, 2.24) is 9.88 Å². The number of carbonyl (C=O) groups excluding carboxylic acids is 2. The van der Waals surface area contributed by atoms with Gasteiger partial charge in [0.2, 0.25) is 0 Å². The Morgan fingerprint density at radius 1 is 1.00 bits per heavy atom. The van der Waals surface area contributed by atoms with Crippen LogP contribution in [0, 0.1) is 20.8 Å². The molecule has 1 aromatic heterocycles. The number of aryl methyl sites for hydroxylation is 2. The number of aromatic nitrogens is 1. The highest BCUT2D eigenvalue weighted by Crippen LogP contribution is 2.28. The van der Waals surface area contributed by atoms with E-state index in [2.05, 4.69) is 5.32 Å². The molecule has 7 heteroatoms. The largest absolute Gasteiger partial charge is 0.508 e. The third-order valence-electron chi connectivity index (χ3n) is 5.34. The standard InChI is InChI=1S/C24H21N3O3S/c1-14-6-4-5-7-21(14)27-23(30)20(22(29)25-24(27)31)13-17-12-15(2)26(16(17)3)18-8-10-19(28)11-9-18/h4-13,28H,1-3H3,(H,25,29,31)/b20-13+. The van der Waals surface area contributed by atoms with Crippen molar-refractivity contribution in [2.24, 2.45) is 0 Å². The number of hydrogen-bond acceptors (Lipinski definition) is 4. The number of hydrogen-bond donors (Lipinski definition) is 2. The lowest BCUT2D eigenvalue weighted by Crippen LogP contribution is -2.54. The van der Waals surface area contributed by atoms with Crippen molar-refractivity contribution < 1.29 is 14.7 Å². The van der Waals surface area contributed by atoms with Crippen LogP contribution >= 0.6 is 12.2 Å². The van der Waals surface area contributed by atoms with Gasteiger partial charge >= 0.3 is 0 Å². The van der Waals surface area contributed by atoms with Crippen LogP contribution in [0.25, 0.3) is 11.8 Å². The van der Waals surface area contributed by atoms with Gasteiger partial charge in [-0.05, 0) is 86.6 Å². The molecule has 0 radical (unpaired) electrons. The Kier molecular flexibility index (Phi) is 5.20. The number of phenols is 1. The molecule has 1 aliphatic heterocycles. The Morgan fingerprint density at radius 2 is 1.68 bits per heavy atom. The minimum atomic E-state index is -0.519. The average Bonchev–Trinajstić information content (AvgIpc) is 3.00. The lowest BCUT2D eigenvalue weighted by Gasteiger charge is -2.30. The third-order valence-corrected chi connectivity index (χ3v) is 5.62. The molecule has 2 aromatic carbocycles. The number of nitrogens with zero attached hydrogens (tertiary/aromatic N) is 2. The SMILES string of the molecule is Cc1ccccc1N1C(=O)/C(=C/c2cc(C)n(-c3ccc(O)cc3)c2C)C(=O)NC1=S. The maximum absolute atomic E-state index is 13.3. The Bertz CT molecular complexity index is 1260. The fourth-order valence-corrected chi connectivity index (χ4v) is 4.05. The van der Waals surface area contributed by atoms with E-state index in [1.165, 1.54) is 4.90 Å². The summed E-state index contributed by atoms with van der Waals surface area (Å²) in [4.78, 5) is 27.3. The Labute approximate surface area is 185 Å². The second-order valence-electron chi connectivity index (χ2n) is 7.42. The summed E-state index contributed by atoms with van der Waals surface area (Å²) >= 11 is 5.29. The van der Waals surface area contributed by atoms with Crippen LogP contribution < -0.4 is 10.2 Å². The van der Waals surface area contributed by atoms with Crippen LogP contribution in [0.3, 0.4) is 0 Å². The van der Waals surface area contributed by atoms with Crippen LogP contribution in [0.1, 0.15) is 22.5 Å². The predicted molar refractivity (Wildman–Crippen MR) is 124 cm³/mol. The summed E-state index contributed by atoms with van der Waals surface area (Å²) in [6.45, 7) is 5.75. The first-order valence-electron chi connectivity index (χ1n) is 9.73. The minimum Gasteiger partial charge on any atom is -0.508 e. The summed E-state index contributed by atoms with van der Waals surface area (Å²) in [5.74, 6) is -0.794. The Hall–Kier alpha value is -3.71. The van der Waals surface area contributed by atoms with Crippen molar-refractivity contribution in [2.45, 2.75) is 20.8 Å². The molecule has 0 spiro atoms. The molecule has 6 nitrogen and oxygen atoms in total. The number of amides is 2. The Morgan fingerprint density at radius 3 is 2.35 bits per heavy atom. The van der Waals surface area contributed by atoms with Crippen LogP contribution in [0.15, 0.2) is 60.2 Å². The maximum atomic E-state index is 13.3. The maximum Gasteiger partial charge on any atom is 0.270 e. The van der Waals surface area contributed by atoms with Gasteiger partial charge in [0.05, 0.1) is 5.69 Å². The first kappa shape index (κ1) is 20.6. The highest BCUT2D eigenvalue weighted by molar-refractivity contribution is 7.80. The number of anilines is 1. The van der Waals surface area contributed by atoms with Crippen molar-refractivity contribution in [1.29, 1.82) is 0 Å². The van der Waals surface area contributed by atoms with Crippen LogP contribution in [-0.2, 0) is 9.59 Å². The molecule has 1 fully saturated rings. The van der Waals surface area contributed by atoms with Gasteiger partial charge in [0.1, 0.15) is 11.3 Å². The van der Waals surface area contributed by atoms with Crippen molar-refractivity contribution in [3.8, 4) is 11.4 Å². The molecular formula is C24H21N3O3S. The minimum absolute atomic E-state index is 0.0165. The first-order chi connectivity index (χ1) is 14.8. The summed E-state index contributed by atoms with van der Waals surface area (Å²) in [7, 11) is 0. The predicted octanol–water partition coefficient (Wildman–Crippen LogP) is 3.94. The molecule has 1 aliphatic rings. The molecule has 0 aliphatic carbocycles. The number of rotatable bonds is 3. The molecule has 1 saturated heterocycles. The van der Waals surface area contributed by atoms with Gasteiger partial charge in [-0.3, -0.25) is 19.8 Å². The number of benzene rings is 2. The van der Waals surface area contributed by atoms with Gasteiger partial charge in [0, 0.05) is 17.1 Å². The number of para-hydroxylation sites is 1. The number of aromatic hydroxyl groups is 1. The quantitative estimate of drug-likeness (QED) is 0.374. The summed E-state index contributed by atoms with van der Waals surface area (Å²) in [6.07, 6.45) is 1.60. The van der Waals surface area contributed by atoms with Gasteiger partial charge in [-0.25, -0.2) is 0 Å². The van der Waals surface area contributed by atoms with E-state index in [0.717, 1.165) is 28.2 Å². The number of carbonyl (C=O) groups is 2. The summed E-state index contributed by atoms with van der Waals surface area (Å²) in [5.41, 5.74) is 4.96. The van der Waals surface area contributed by atoms with Crippen LogP contribution in [0.2, 0.25) is 0 Å². The highest BCUT2D eigenvalue weighted by Gasteiger charge is 2.35. The molecule has 31 heavy (non-hydrogen) atoms. The van der Waals surface area contributed by atoms with E-state index in [1.807, 2.05) is 61.7 Å². The van der Waals surface area contributed by atoms with Crippen LogP contribution in [0.5, 0.6) is 5.75 Å². The van der Waals surface area contributed by atoms with E-state index in [9.17, 15) is 14.7 Å². The topological polar surface area (TPSA) is 74.6 Å². The van der Waals surface area contributed by atoms with Crippen molar-refractivity contribution in [3.05, 3.63) is 82.7 Å². The molecule has 0 atom stereocenters. The van der Waals surface area contributed by atoms with Crippen LogP contribution in [0.4, 0.5) is 5.69 Å². The van der Waals surface area contributed by atoms with Crippen molar-refractivity contribution in [3.63, 3.8) is 0 Å². The Balaban J connectivity index is 1.77. The molecule has 2 heterocycles. The van der Waals surface area contributed by atoms with Gasteiger partial charge in [-0.1, -0.05) is 18.2 Å². The number of phenolic OH excluding ortho intramolecular Hbond substituents is 1. The van der Waals surface area contributed by atoms with Gasteiger partial charge < -0.3 is 9.67 Å². The lowest BCUT2D eigenvalue weighted by atomic mass is 10.1. The molecule has 0 saturated carbocycles. The molecule has 0 bridgehead atoms. The van der Waals surface area contributed by atoms with E-state index in [4.69, 9.17) is 12.2 Å². The normalized spacial score (nSPS) is 15.5. The molecule has 2 N–H and O–H groups in total. The van der Waals surface area contributed by atoms with E-state index in [1.54, 1.807) is 24.3 Å². The van der Waals surface area contributed by atoms with Gasteiger partial charge in [-0.15, -0.1) is 0 Å². The first-order valence-corrected chi connectivity index (χ1v) is 10.1. The molecule has 156 valence electrons. The average molecular weight is 432 g/mol. The zero-order chi connectivity index (χ0) is 22.3. The van der Waals surface area contributed by atoms with Gasteiger partial charge in [-0.2, -0.15) is 0 Å². The van der Waals surface area contributed by atoms with E-state index in [-0.39, 0.29) is 16.4 Å².